The lowest BCUT2D eigenvalue weighted by molar-refractivity contribution is -0.250. The monoisotopic (exact) mass is 201 g/mol. The van der Waals surface area contributed by atoms with E-state index in [4.69, 9.17) is 0 Å². The van der Waals surface area contributed by atoms with Crippen LogP contribution in [0.2, 0.25) is 0 Å². The molecule has 0 aliphatic heterocycles. The Hall–Kier alpha value is -1.96. The molecule has 74 valence electrons. The molecule has 0 N–H and O–H groups in total. The number of carbonyl (C=O) groups excluding carboxylic acids is 1. The number of hydrogen-bond donors (Lipinski definition) is 0. The molecule has 3 heteroatoms. The van der Waals surface area contributed by atoms with Crippen LogP contribution in [0.4, 0.5) is 0 Å². The van der Waals surface area contributed by atoms with E-state index < -0.39 is 5.97 Å². The zero-order chi connectivity index (χ0) is 10.7. The molecule has 0 amide bonds. The van der Waals surface area contributed by atoms with E-state index in [0.29, 0.717) is 5.57 Å². The standard InChI is InChI=1S/C12H9O3/c1-14-15-12(13)11-7-6-9-4-2-3-5-10(9)8-11/h2-5,7-8H,1H3/q+1. The molecule has 0 heterocycles. The van der Waals surface area contributed by atoms with Crippen molar-refractivity contribution in [2.45, 2.75) is 0 Å². The summed E-state index contributed by atoms with van der Waals surface area (Å²) in [5, 5.41) is 0. The van der Waals surface area contributed by atoms with Crippen LogP contribution in [0.1, 0.15) is 11.1 Å². The van der Waals surface area contributed by atoms with E-state index in [1.807, 2.05) is 24.3 Å². The predicted octanol–water partition coefficient (Wildman–Crippen LogP) is 1.90. The van der Waals surface area contributed by atoms with Crippen LogP contribution >= 0.6 is 0 Å². The molecule has 1 aromatic carbocycles. The Balaban J connectivity index is 2.30. The van der Waals surface area contributed by atoms with Gasteiger partial charge in [-0.15, -0.1) is 0 Å². The van der Waals surface area contributed by atoms with Gasteiger partial charge >= 0.3 is 5.97 Å². The maximum Gasteiger partial charge on any atom is 0.414 e. The number of carbonyl (C=O) groups is 1. The van der Waals surface area contributed by atoms with Gasteiger partial charge in [0.25, 0.3) is 0 Å². The molecule has 0 unspecified atom stereocenters. The Kier molecular flexibility index (Phi) is 2.59. The average Bonchev–Trinajstić information content (AvgIpc) is 2.29. The molecule has 1 aliphatic rings. The van der Waals surface area contributed by atoms with Gasteiger partial charge in [-0.1, -0.05) is 0 Å². The summed E-state index contributed by atoms with van der Waals surface area (Å²) in [6.07, 6.45) is 6.33. The van der Waals surface area contributed by atoms with Crippen LogP contribution in [0.3, 0.4) is 0 Å². The average molecular weight is 201 g/mol. The highest BCUT2D eigenvalue weighted by Gasteiger charge is 2.20. The molecule has 15 heavy (non-hydrogen) atoms. The highest BCUT2D eigenvalue weighted by atomic mass is 17.2. The molecule has 0 fully saturated rings. The lowest BCUT2D eigenvalue weighted by Gasteiger charge is -2.00. The summed E-state index contributed by atoms with van der Waals surface area (Å²) in [6, 6.07) is 7.67. The van der Waals surface area contributed by atoms with Crippen molar-refractivity contribution in [3.63, 3.8) is 0 Å². The van der Waals surface area contributed by atoms with Crippen LogP contribution < -0.4 is 0 Å². The van der Waals surface area contributed by atoms with E-state index in [-0.39, 0.29) is 0 Å². The number of fused-ring (bicyclic) bond motifs is 1. The number of benzene rings is 1. The van der Waals surface area contributed by atoms with E-state index in [2.05, 4.69) is 15.9 Å². The lowest BCUT2D eigenvalue weighted by atomic mass is 9.99. The van der Waals surface area contributed by atoms with Gasteiger partial charge in [0.15, 0.2) is 11.1 Å². The second kappa shape index (κ2) is 4.05. The van der Waals surface area contributed by atoms with Gasteiger partial charge in [-0.2, -0.15) is 4.89 Å². The maximum atomic E-state index is 11.3. The number of rotatable bonds is 2. The Morgan fingerprint density at radius 3 is 2.93 bits per heavy atom. The summed E-state index contributed by atoms with van der Waals surface area (Å²) < 4.78 is 0. The molecule has 0 aromatic heterocycles. The SMILES string of the molecule is COOC(=O)C1=Cc2ccccc2[C+]=C1. The first kappa shape index (κ1) is 9.59. The van der Waals surface area contributed by atoms with Crippen LogP contribution in [0, 0.1) is 6.08 Å². The Morgan fingerprint density at radius 2 is 2.13 bits per heavy atom. The van der Waals surface area contributed by atoms with Gasteiger partial charge in [0.2, 0.25) is 0 Å². The smallest absolute Gasteiger partial charge is 0.282 e. The largest absolute Gasteiger partial charge is 0.414 e. The fourth-order valence-electron chi connectivity index (χ4n) is 1.36. The topological polar surface area (TPSA) is 35.5 Å². The molecule has 0 saturated heterocycles. The molecule has 0 spiro atoms. The summed E-state index contributed by atoms with van der Waals surface area (Å²) in [4.78, 5) is 20.0. The van der Waals surface area contributed by atoms with E-state index in [1.54, 1.807) is 12.2 Å². The normalized spacial score (nSPS) is 12.5. The zero-order valence-electron chi connectivity index (χ0n) is 8.19. The first-order valence-corrected chi connectivity index (χ1v) is 4.47. The van der Waals surface area contributed by atoms with E-state index >= 15 is 0 Å². The van der Waals surface area contributed by atoms with Gasteiger partial charge in [0.05, 0.1) is 18.7 Å². The summed E-state index contributed by atoms with van der Waals surface area (Å²) in [5.74, 6) is -0.514. The van der Waals surface area contributed by atoms with E-state index in [0.717, 1.165) is 11.1 Å². The van der Waals surface area contributed by atoms with Crippen molar-refractivity contribution >= 4 is 12.0 Å². The quantitative estimate of drug-likeness (QED) is 0.416. The third-order valence-electron chi connectivity index (χ3n) is 2.05. The van der Waals surface area contributed by atoms with Gasteiger partial charge in [0, 0.05) is 18.2 Å². The van der Waals surface area contributed by atoms with Gasteiger partial charge in [-0.05, 0) is 18.2 Å². The van der Waals surface area contributed by atoms with Crippen molar-refractivity contribution in [1.29, 1.82) is 0 Å². The summed E-state index contributed by atoms with van der Waals surface area (Å²) in [7, 11) is 1.29. The fourth-order valence-corrected chi connectivity index (χ4v) is 1.36. The zero-order valence-corrected chi connectivity index (χ0v) is 8.19. The van der Waals surface area contributed by atoms with Crippen LogP contribution in [0.5, 0.6) is 0 Å². The van der Waals surface area contributed by atoms with Crippen molar-refractivity contribution < 1.29 is 14.6 Å². The minimum atomic E-state index is -0.514. The minimum absolute atomic E-state index is 0.426. The Morgan fingerprint density at radius 1 is 1.33 bits per heavy atom. The van der Waals surface area contributed by atoms with Crippen molar-refractivity contribution in [2.75, 3.05) is 7.11 Å². The maximum absolute atomic E-state index is 11.3. The van der Waals surface area contributed by atoms with Gasteiger partial charge < -0.3 is 0 Å². The summed E-state index contributed by atoms with van der Waals surface area (Å²) >= 11 is 0. The van der Waals surface area contributed by atoms with E-state index in [9.17, 15) is 4.79 Å². The van der Waals surface area contributed by atoms with Gasteiger partial charge in [-0.3, -0.25) is 4.89 Å². The van der Waals surface area contributed by atoms with Crippen LogP contribution in [0.15, 0.2) is 35.9 Å². The molecule has 1 aliphatic carbocycles. The molecule has 0 saturated carbocycles. The first-order valence-electron chi connectivity index (χ1n) is 4.47. The second-order valence-corrected chi connectivity index (χ2v) is 3.01. The first-order chi connectivity index (χ1) is 7.31. The molecular weight excluding hydrogens is 192 g/mol. The van der Waals surface area contributed by atoms with Gasteiger partial charge in [0.1, 0.15) is 0 Å². The highest BCUT2D eigenvalue weighted by Crippen LogP contribution is 2.19. The highest BCUT2D eigenvalue weighted by molar-refractivity contribution is 5.97. The molecule has 0 atom stereocenters. The molecule has 3 nitrogen and oxygen atoms in total. The molecule has 0 bridgehead atoms. The van der Waals surface area contributed by atoms with Crippen LogP contribution in [-0.4, -0.2) is 13.1 Å². The molecule has 1 aromatic rings. The number of hydrogen-bond acceptors (Lipinski definition) is 3. The summed E-state index contributed by atoms with van der Waals surface area (Å²) in [5.41, 5.74) is 2.34. The molecule has 2 rings (SSSR count). The third kappa shape index (κ3) is 1.94. The van der Waals surface area contributed by atoms with E-state index in [1.165, 1.54) is 7.11 Å². The fraction of sp³-hybridized carbons (Fsp3) is 0.0833. The van der Waals surface area contributed by atoms with Crippen LogP contribution in [0.25, 0.3) is 6.08 Å². The Labute approximate surface area is 87.6 Å². The van der Waals surface area contributed by atoms with Crippen molar-refractivity contribution in [3.05, 3.63) is 53.1 Å². The Bertz CT molecular complexity index is 444. The second-order valence-electron chi connectivity index (χ2n) is 3.01. The minimum Gasteiger partial charge on any atom is -0.282 e. The van der Waals surface area contributed by atoms with Crippen molar-refractivity contribution in [3.8, 4) is 0 Å². The molecule has 0 radical (unpaired) electrons. The van der Waals surface area contributed by atoms with Crippen molar-refractivity contribution in [1.82, 2.24) is 0 Å². The summed E-state index contributed by atoms with van der Waals surface area (Å²) in [6.45, 7) is 0. The van der Waals surface area contributed by atoms with Gasteiger partial charge in [-0.25, -0.2) is 4.79 Å². The van der Waals surface area contributed by atoms with Crippen molar-refractivity contribution in [2.24, 2.45) is 0 Å². The van der Waals surface area contributed by atoms with Crippen LogP contribution in [-0.2, 0) is 14.6 Å². The molecular formula is C12H9O3+. The third-order valence-corrected chi connectivity index (χ3v) is 2.05. The lowest BCUT2D eigenvalue weighted by Crippen LogP contribution is -2.07. The predicted molar refractivity (Wildman–Crippen MR) is 54.4 cm³/mol.